The molecule has 5 rings (SSSR count). The smallest absolute Gasteiger partial charge is 0.231 e. The molecule has 7 heteroatoms. The first-order valence-corrected chi connectivity index (χ1v) is 10.6. The molecule has 2 amide bonds. The van der Waals surface area contributed by atoms with Crippen molar-refractivity contribution in [1.82, 2.24) is 10.2 Å². The number of fused-ring (bicyclic) bond motifs is 7. The highest BCUT2D eigenvalue weighted by molar-refractivity contribution is 5.98. The number of rotatable bonds is 0. The van der Waals surface area contributed by atoms with Gasteiger partial charge >= 0.3 is 0 Å². The van der Waals surface area contributed by atoms with E-state index in [1.807, 2.05) is 19.9 Å². The van der Waals surface area contributed by atoms with E-state index in [1.54, 1.807) is 0 Å². The fraction of sp³-hybridized carbons (Fsp3) is 0.591. The Hall–Kier alpha value is -2.57. The highest BCUT2D eigenvalue weighted by atomic mass is 16.5. The quantitative estimate of drug-likeness (QED) is 0.701. The van der Waals surface area contributed by atoms with Crippen LogP contribution in [0.25, 0.3) is 0 Å². The van der Waals surface area contributed by atoms with Gasteiger partial charge in [0.25, 0.3) is 0 Å². The zero-order valence-corrected chi connectivity index (χ0v) is 17.2. The number of nitrogens with one attached hydrogen (secondary N) is 1. The van der Waals surface area contributed by atoms with Gasteiger partial charge in [-0.25, -0.2) is 4.99 Å². The molecule has 0 aromatic heterocycles. The SMILES string of the molecule is CC1(C)CC2NC(=O)CCCN3C(=O)CC(CCCc4ccc(c2c4)O1)N=C3N. The van der Waals surface area contributed by atoms with Gasteiger partial charge < -0.3 is 15.8 Å². The number of carbonyl (C=O) groups is 2. The Morgan fingerprint density at radius 1 is 1.24 bits per heavy atom. The summed E-state index contributed by atoms with van der Waals surface area (Å²) in [5.41, 5.74) is 7.97. The summed E-state index contributed by atoms with van der Waals surface area (Å²) in [6.45, 7) is 4.52. The van der Waals surface area contributed by atoms with Crippen molar-refractivity contribution in [3.05, 3.63) is 29.3 Å². The van der Waals surface area contributed by atoms with E-state index in [1.165, 1.54) is 10.5 Å². The van der Waals surface area contributed by atoms with Crippen LogP contribution in [0.4, 0.5) is 0 Å². The molecule has 7 nitrogen and oxygen atoms in total. The van der Waals surface area contributed by atoms with Gasteiger partial charge in [0.15, 0.2) is 5.96 Å². The number of hydrogen-bond acceptors (Lipinski definition) is 5. The fourth-order valence-electron chi connectivity index (χ4n) is 4.54. The Balaban J connectivity index is 1.61. The number of amides is 2. The lowest BCUT2D eigenvalue weighted by atomic mass is 9.88. The van der Waals surface area contributed by atoms with Crippen molar-refractivity contribution in [2.45, 2.75) is 76.5 Å². The van der Waals surface area contributed by atoms with Gasteiger partial charge in [0.1, 0.15) is 11.4 Å². The van der Waals surface area contributed by atoms with Crippen LogP contribution >= 0.6 is 0 Å². The Morgan fingerprint density at radius 2 is 2.07 bits per heavy atom. The van der Waals surface area contributed by atoms with Gasteiger partial charge in [-0.05, 0) is 51.2 Å². The number of nitrogens with zero attached hydrogens (tertiary/aromatic N) is 2. The summed E-state index contributed by atoms with van der Waals surface area (Å²) in [6, 6.07) is 6.15. The number of nitrogens with two attached hydrogens (primary N) is 1. The van der Waals surface area contributed by atoms with Gasteiger partial charge in [0.05, 0.1) is 12.1 Å². The molecule has 0 spiro atoms. The summed E-state index contributed by atoms with van der Waals surface area (Å²) in [6.07, 6.45) is 4.66. The number of aliphatic imine (C=N–C) groups is 1. The van der Waals surface area contributed by atoms with Crippen LogP contribution < -0.4 is 15.8 Å². The first-order valence-electron chi connectivity index (χ1n) is 10.6. The van der Waals surface area contributed by atoms with E-state index in [4.69, 9.17) is 10.5 Å². The average Bonchev–Trinajstić information content (AvgIpc) is 2.63. The van der Waals surface area contributed by atoms with Gasteiger partial charge in [-0.2, -0.15) is 0 Å². The molecule has 3 N–H and O–H groups in total. The topological polar surface area (TPSA) is 97.0 Å². The molecule has 1 aromatic carbocycles. The zero-order valence-electron chi connectivity index (χ0n) is 17.2. The molecule has 0 fully saturated rings. The number of guanidine groups is 1. The maximum Gasteiger partial charge on any atom is 0.231 e. The second-order valence-electron chi connectivity index (χ2n) is 8.94. The predicted octanol–water partition coefficient (Wildman–Crippen LogP) is 2.44. The van der Waals surface area contributed by atoms with Gasteiger partial charge in [0, 0.05) is 31.4 Å². The summed E-state index contributed by atoms with van der Waals surface area (Å²) < 4.78 is 6.16. The third kappa shape index (κ3) is 4.38. The van der Waals surface area contributed by atoms with E-state index in [0.717, 1.165) is 37.0 Å². The van der Waals surface area contributed by atoms with Gasteiger partial charge in [0.2, 0.25) is 11.8 Å². The molecular formula is C22H30N4O3. The predicted molar refractivity (Wildman–Crippen MR) is 111 cm³/mol. The lowest BCUT2D eigenvalue weighted by molar-refractivity contribution is -0.129. The minimum Gasteiger partial charge on any atom is -0.487 e. The van der Waals surface area contributed by atoms with E-state index in [2.05, 4.69) is 22.4 Å². The van der Waals surface area contributed by atoms with Crippen molar-refractivity contribution < 1.29 is 14.3 Å². The molecule has 156 valence electrons. The standard InChI is InChI=1S/C22H30N4O3/c1-22(2)13-17-16-11-14(8-9-18(16)29-22)5-3-6-15-12-20(28)26(21(23)24-15)10-4-7-19(27)25-17/h8-9,11,15,17H,3-7,10,12-13H2,1-2H3,(H2,23,24)(H,25,27). The third-order valence-electron chi connectivity index (χ3n) is 5.96. The number of carbonyl (C=O) groups excluding carboxylic acids is 2. The Kier molecular flexibility index (Phi) is 5.23. The molecule has 29 heavy (non-hydrogen) atoms. The summed E-state index contributed by atoms with van der Waals surface area (Å²) in [5, 5.41) is 3.19. The van der Waals surface area contributed by atoms with E-state index in [9.17, 15) is 9.59 Å². The fourth-order valence-corrected chi connectivity index (χ4v) is 4.54. The van der Waals surface area contributed by atoms with Crippen molar-refractivity contribution in [3.63, 3.8) is 0 Å². The van der Waals surface area contributed by atoms with Crippen LogP contribution in [0, 0.1) is 0 Å². The van der Waals surface area contributed by atoms with E-state index >= 15 is 0 Å². The molecule has 4 aliphatic heterocycles. The number of aryl methyl sites for hydroxylation is 1. The molecule has 4 heterocycles. The van der Waals surface area contributed by atoms with Crippen molar-refractivity contribution in [1.29, 1.82) is 0 Å². The van der Waals surface area contributed by atoms with Crippen LogP contribution in [0.1, 0.15) is 69.5 Å². The average molecular weight is 399 g/mol. The molecule has 4 aliphatic rings. The molecule has 4 bridgehead atoms. The van der Waals surface area contributed by atoms with Crippen LogP contribution in [0.5, 0.6) is 5.75 Å². The van der Waals surface area contributed by atoms with Crippen LogP contribution in [-0.2, 0) is 16.0 Å². The summed E-state index contributed by atoms with van der Waals surface area (Å²) in [7, 11) is 0. The second-order valence-corrected chi connectivity index (χ2v) is 8.94. The number of benzene rings is 1. The first-order chi connectivity index (χ1) is 13.8. The summed E-state index contributed by atoms with van der Waals surface area (Å²) in [4.78, 5) is 31.1. The minimum absolute atomic E-state index is 0.00724. The second kappa shape index (κ2) is 7.69. The monoisotopic (exact) mass is 398 g/mol. The molecule has 0 radical (unpaired) electrons. The van der Waals surface area contributed by atoms with Crippen molar-refractivity contribution in [3.8, 4) is 5.75 Å². The van der Waals surface area contributed by atoms with E-state index < -0.39 is 0 Å². The highest BCUT2D eigenvalue weighted by Crippen LogP contribution is 2.40. The summed E-state index contributed by atoms with van der Waals surface area (Å²) >= 11 is 0. The van der Waals surface area contributed by atoms with Crippen molar-refractivity contribution in [2.75, 3.05) is 6.54 Å². The third-order valence-corrected chi connectivity index (χ3v) is 5.96. The number of ether oxygens (including phenoxy) is 1. The molecule has 2 atom stereocenters. The minimum atomic E-state index is -0.338. The van der Waals surface area contributed by atoms with E-state index in [-0.39, 0.29) is 35.5 Å². The summed E-state index contributed by atoms with van der Waals surface area (Å²) in [5.74, 6) is 1.13. The Bertz CT molecular complexity index is 848. The van der Waals surface area contributed by atoms with Crippen molar-refractivity contribution in [2.24, 2.45) is 10.7 Å². The molecule has 1 aromatic rings. The van der Waals surface area contributed by atoms with Crippen molar-refractivity contribution >= 4 is 17.8 Å². The van der Waals surface area contributed by atoms with Crippen LogP contribution in [0.2, 0.25) is 0 Å². The van der Waals surface area contributed by atoms with Gasteiger partial charge in [-0.1, -0.05) is 12.1 Å². The zero-order chi connectivity index (χ0) is 20.6. The normalized spacial score (nSPS) is 27.1. The maximum atomic E-state index is 12.6. The van der Waals surface area contributed by atoms with Crippen LogP contribution in [-0.4, -0.2) is 40.9 Å². The van der Waals surface area contributed by atoms with Gasteiger partial charge in [-0.3, -0.25) is 14.5 Å². The molecular weight excluding hydrogens is 368 g/mol. The molecule has 0 saturated heterocycles. The van der Waals surface area contributed by atoms with E-state index in [0.29, 0.717) is 25.8 Å². The Morgan fingerprint density at radius 3 is 2.86 bits per heavy atom. The highest BCUT2D eigenvalue weighted by Gasteiger charge is 2.35. The first kappa shape index (κ1) is 19.7. The molecule has 0 saturated carbocycles. The largest absolute Gasteiger partial charge is 0.487 e. The Labute approximate surface area is 171 Å². The molecule has 2 unspecified atom stereocenters. The van der Waals surface area contributed by atoms with Crippen LogP contribution in [0.15, 0.2) is 23.2 Å². The van der Waals surface area contributed by atoms with Crippen LogP contribution in [0.3, 0.4) is 0 Å². The lowest BCUT2D eigenvalue weighted by Crippen LogP contribution is -2.48. The van der Waals surface area contributed by atoms with Gasteiger partial charge in [-0.15, -0.1) is 0 Å². The molecule has 0 aliphatic carbocycles. The lowest BCUT2D eigenvalue weighted by Gasteiger charge is -2.38. The maximum absolute atomic E-state index is 12.6. The number of hydrogen-bond donors (Lipinski definition) is 2.